The highest BCUT2D eigenvalue weighted by atomic mass is 16.5. The van der Waals surface area contributed by atoms with Crippen molar-refractivity contribution in [3.05, 3.63) is 29.8 Å². The number of carbonyl (C=O) groups is 2. The van der Waals surface area contributed by atoms with E-state index in [-0.39, 0.29) is 24.4 Å². The first-order chi connectivity index (χ1) is 9.69. The van der Waals surface area contributed by atoms with Crippen LogP contribution in [-0.2, 0) is 20.7 Å². The summed E-state index contributed by atoms with van der Waals surface area (Å²) in [4.78, 5) is 23.4. The smallest absolute Gasteiger partial charge is 0.309 e. The number of benzene rings is 1. The summed E-state index contributed by atoms with van der Waals surface area (Å²) in [6, 6.07) is 7.66. The lowest BCUT2D eigenvalue weighted by Crippen LogP contribution is -2.23. The third-order valence-corrected chi connectivity index (χ3v) is 3.68. The second-order valence-corrected chi connectivity index (χ2v) is 5.19. The number of hydrogen-bond acceptors (Lipinski definition) is 3. The second-order valence-electron chi connectivity index (χ2n) is 5.19. The highest BCUT2D eigenvalue weighted by Crippen LogP contribution is 2.25. The van der Waals surface area contributed by atoms with Crippen molar-refractivity contribution in [2.45, 2.75) is 39.0 Å². The van der Waals surface area contributed by atoms with Gasteiger partial charge in [-0.1, -0.05) is 31.9 Å². The third kappa shape index (κ3) is 4.08. The fourth-order valence-electron chi connectivity index (χ4n) is 2.44. The first-order valence-corrected chi connectivity index (χ1v) is 7.24. The van der Waals surface area contributed by atoms with Crippen LogP contribution in [0.5, 0.6) is 0 Å². The van der Waals surface area contributed by atoms with Gasteiger partial charge >= 0.3 is 5.97 Å². The molecule has 20 heavy (non-hydrogen) atoms. The van der Waals surface area contributed by atoms with Crippen molar-refractivity contribution < 1.29 is 14.3 Å². The molecule has 1 aromatic carbocycles. The summed E-state index contributed by atoms with van der Waals surface area (Å²) in [6.45, 7) is 1.88. The maximum Gasteiger partial charge on any atom is 0.309 e. The van der Waals surface area contributed by atoms with Crippen LogP contribution in [0.25, 0.3) is 0 Å². The van der Waals surface area contributed by atoms with Crippen LogP contribution in [0.2, 0.25) is 0 Å². The van der Waals surface area contributed by atoms with Crippen molar-refractivity contribution in [2.24, 2.45) is 5.92 Å². The molecule has 1 aliphatic rings. The predicted octanol–water partition coefficient (Wildman–Crippen LogP) is 2.92. The molecule has 0 aromatic heterocycles. The topological polar surface area (TPSA) is 55.4 Å². The minimum Gasteiger partial charge on any atom is -0.455 e. The molecule has 0 unspecified atom stereocenters. The van der Waals surface area contributed by atoms with Crippen LogP contribution in [0, 0.1) is 5.92 Å². The largest absolute Gasteiger partial charge is 0.455 e. The van der Waals surface area contributed by atoms with Gasteiger partial charge in [-0.05, 0) is 37.0 Å². The summed E-state index contributed by atoms with van der Waals surface area (Å²) in [5.74, 6) is -0.536. The number of anilines is 1. The molecule has 0 bridgehead atoms. The quantitative estimate of drug-likeness (QED) is 0.841. The number of aryl methyl sites for hydroxylation is 1. The van der Waals surface area contributed by atoms with E-state index in [0.29, 0.717) is 0 Å². The molecule has 1 saturated carbocycles. The van der Waals surface area contributed by atoms with Gasteiger partial charge in [-0.3, -0.25) is 9.59 Å². The lowest BCUT2D eigenvalue weighted by atomic mass is 10.1. The molecule has 1 fully saturated rings. The number of rotatable bonds is 5. The van der Waals surface area contributed by atoms with Crippen LogP contribution in [-0.4, -0.2) is 18.5 Å². The highest BCUT2D eigenvalue weighted by molar-refractivity contribution is 5.92. The summed E-state index contributed by atoms with van der Waals surface area (Å²) in [7, 11) is 0. The Morgan fingerprint density at radius 3 is 2.45 bits per heavy atom. The van der Waals surface area contributed by atoms with Gasteiger partial charge in [0.15, 0.2) is 6.61 Å². The van der Waals surface area contributed by atoms with Gasteiger partial charge < -0.3 is 10.1 Å². The Kier molecular flexibility index (Phi) is 5.16. The molecule has 0 aliphatic heterocycles. The molecule has 0 saturated heterocycles. The van der Waals surface area contributed by atoms with Gasteiger partial charge in [-0.25, -0.2) is 0 Å². The number of carbonyl (C=O) groups excluding carboxylic acids is 2. The summed E-state index contributed by atoms with van der Waals surface area (Å²) < 4.78 is 5.05. The van der Waals surface area contributed by atoms with Gasteiger partial charge in [0.05, 0.1) is 5.92 Å². The van der Waals surface area contributed by atoms with E-state index in [1.54, 1.807) is 0 Å². The zero-order valence-electron chi connectivity index (χ0n) is 11.9. The van der Waals surface area contributed by atoms with E-state index in [4.69, 9.17) is 4.74 Å². The molecule has 1 aliphatic carbocycles. The van der Waals surface area contributed by atoms with Gasteiger partial charge in [0.1, 0.15) is 0 Å². The van der Waals surface area contributed by atoms with E-state index >= 15 is 0 Å². The molecule has 4 nitrogen and oxygen atoms in total. The number of amides is 1. The average molecular weight is 275 g/mol. The Labute approximate surface area is 119 Å². The number of hydrogen-bond donors (Lipinski definition) is 1. The molecule has 0 spiro atoms. The van der Waals surface area contributed by atoms with Gasteiger partial charge in [0.25, 0.3) is 5.91 Å². The van der Waals surface area contributed by atoms with E-state index in [1.165, 1.54) is 5.56 Å². The van der Waals surface area contributed by atoms with Gasteiger partial charge in [-0.2, -0.15) is 0 Å². The summed E-state index contributed by atoms with van der Waals surface area (Å²) in [6.07, 6.45) is 4.90. The van der Waals surface area contributed by atoms with Crippen molar-refractivity contribution in [1.82, 2.24) is 0 Å². The first-order valence-electron chi connectivity index (χ1n) is 7.24. The molecule has 0 atom stereocenters. The third-order valence-electron chi connectivity index (χ3n) is 3.68. The SMILES string of the molecule is CCc1ccc(NC(=O)COC(=O)C2CCCC2)cc1. The Balaban J connectivity index is 1.75. The molecular weight excluding hydrogens is 254 g/mol. The van der Waals surface area contributed by atoms with Crippen LogP contribution in [0.4, 0.5) is 5.69 Å². The van der Waals surface area contributed by atoms with Crippen molar-refractivity contribution in [2.75, 3.05) is 11.9 Å². The molecule has 108 valence electrons. The molecule has 1 amide bonds. The van der Waals surface area contributed by atoms with Gasteiger partial charge in [0, 0.05) is 5.69 Å². The maximum atomic E-state index is 11.7. The van der Waals surface area contributed by atoms with Crippen molar-refractivity contribution in [1.29, 1.82) is 0 Å². The van der Waals surface area contributed by atoms with Crippen LogP contribution in [0.15, 0.2) is 24.3 Å². The standard InChI is InChI=1S/C16H21NO3/c1-2-12-7-9-14(10-8-12)17-15(18)11-20-16(19)13-5-3-4-6-13/h7-10,13H,2-6,11H2,1H3,(H,17,18). The number of ether oxygens (including phenoxy) is 1. The normalized spacial score (nSPS) is 15.1. The lowest BCUT2D eigenvalue weighted by molar-refractivity contribution is -0.151. The molecule has 1 aromatic rings. The number of esters is 1. The molecule has 0 radical (unpaired) electrons. The second kappa shape index (κ2) is 7.08. The molecule has 0 heterocycles. The lowest BCUT2D eigenvalue weighted by Gasteiger charge is -2.10. The van der Waals surface area contributed by atoms with E-state index in [9.17, 15) is 9.59 Å². The zero-order chi connectivity index (χ0) is 14.4. The van der Waals surface area contributed by atoms with Crippen molar-refractivity contribution in [3.8, 4) is 0 Å². The summed E-state index contributed by atoms with van der Waals surface area (Å²) in [5, 5.41) is 2.72. The van der Waals surface area contributed by atoms with E-state index in [0.717, 1.165) is 37.8 Å². The van der Waals surface area contributed by atoms with E-state index in [2.05, 4.69) is 12.2 Å². The Morgan fingerprint density at radius 2 is 1.85 bits per heavy atom. The molecule has 2 rings (SSSR count). The van der Waals surface area contributed by atoms with Crippen LogP contribution in [0.1, 0.15) is 38.2 Å². The maximum absolute atomic E-state index is 11.7. The Morgan fingerprint density at radius 1 is 1.20 bits per heavy atom. The highest BCUT2D eigenvalue weighted by Gasteiger charge is 2.24. The van der Waals surface area contributed by atoms with E-state index < -0.39 is 0 Å². The van der Waals surface area contributed by atoms with Crippen LogP contribution >= 0.6 is 0 Å². The van der Waals surface area contributed by atoms with Crippen LogP contribution in [0.3, 0.4) is 0 Å². The minimum absolute atomic E-state index is 0.00774. The van der Waals surface area contributed by atoms with E-state index in [1.807, 2.05) is 24.3 Å². The summed E-state index contributed by atoms with van der Waals surface area (Å²) in [5.41, 5.74) is 1.94. The zero-order valence-corrected chi connectivity index (χ0v) is 11.9. The minimum atomic E-state index is -0.291. The van der Waals surface area contributed by atoms with Crippen molar-refractivity contribution >= 4 is 17.6 Å². The average Bonchev–Trinajstić information content (AvgIpc) is 3.00. The molecule has 1 N–H and O–H groups in total. The Bertz CT molecular complexity index is 461. The predicted molar refractivity (Wildman–Crippen MR) is 77.4 cm³/mol. The Hall–Kier alpha value is -1.84. The summed E-state index contributed by atoms with van der Waals surface area (Å²) >= 11 is 0. The molecule has 4 heteroatoms. The number of nitrogens with one attached hydrogen (secondary N) is 1. The fraction of sp³-hybridized carbons (Fsp3) is 0.500. The van der Waals surface area contributed by atoms with Gasteiger partial charge in [0.2, 0.25) is 0 Å². The van der Waals surface area contributed by atoms with Crippen LogP contribution < -0.4 is 5.32 Å². The fourth-order valence-corrected chi connectivity index (χ4v) is 2.44. The monoisotopic (exact) mass is 275 g/mol. The molecular formula is C16H21NO3. The first kappa shape index (κ1) is 14.6. The van der Waals surface area contributed by atoms with Crippen molar-refractivity contribution in [3.63, 3.8) is 0 Å². The van der Waals surface area contributed by atoms with Gasteiger partial charge in [-0.15, -0.1) is 0 Å².